The van der Waals surface area contributed by atoms with Crippen molar-refractivity contribution < 1.29 is 18.7 Å². The van der Waals surface area contributed by atoms with Crippen LogP contribution in [0.25, 0.3) is 22.1 Å². The van der Waals surface area contributed by atoms with E-state index in [-0.39, 0.29) is 0 Å². The lowest BCUT2D eigenvalue weighted by Crippen LogP contribution is -2.09. The Balaban J connectivity index is 1.71. The number of aryl methyl sites for hydroxylation is 1. The maximum absolute atomic E-state index is 12.7. The third-order valence-electron chi connectivity index (χ3n) is 4.82. The summed E-state index contributed by atoms with van der Waals surface area (Å²) in [6.45, 7) is 1.87. The summed E-state index contributed by atoms with van der Waals surface area (Å²) in [5.41, 5.74) is 2.32. The number of carbonyl (C=O) groups excluding carboxylic acids is 1. The van der Waals surface area contributed by atoms with Gasteiger partial charge < -0.3 is 13.9 Å². The first kappa shape index (κ1) is 19.9. The molecule has 0 N–H and O–H groups in total. The molecule has 0 aliphatic rings. The van der Waals surface area contributed by atoms with Gasteiger partial charge in [0.1, 0.15) is 17.1 Å². The van der Waals surface area contributed by atoms with Gasteiger partial charge in [0.25, 0.3) is 0 Å². The molecular formula is C24H17BrO5. The molecule has 4 aromatic rings. The van der Waals surface area contributed by atoms with Crippen LogP contribution in [0.4, 0.5) is 0 Å². The Morgan fingerprint density at radius 2 is 1.67 bits per heavy atom. The molecule has 0 spiro atoms. The second-order valence-corrected chi connectivity index (χ2v) is 7.50. The van der Waals surface area contributed by atoms with Crippen LogP contribution in [-0.2, 0) is 0 Å². The number of methoxy groups -OCH3 is 1. The highest BCUT2D eigenvalue weighted by Crippen LogP contribution is 2.30. The molecule has 0 saturated heterocycles. The van der Waals surface area contributed by atoms with Gasteiger partial charge in [-0.25, -0.2) is 9.59 Å². The van der Waals surface area contributed by atoms with Crippen LogP contribution >= 0.6 is 15.9 Å². The number of rotatable bonds is 4. The van der Waals surface area contributed by atoms with Gasteiger partial charge in [0, 0.05) is 15.9 Å². The maximum Gasteiger partial charge on any atom is 0.344 e. The summed E-state index contributed by atoms with van der Waals surface area (Å²) < 4.78 is 16.8. The van der Waals surface area contributed by atoms with Crippen LogP contribution in [0.5, 0.6) is 11.5 Å². The van der Waals surface area contributed by atoms with Crippen LogP contribution in [0.3, 0.4) is 0 Å². The van der Waals surface area contributed by atoms with Crippen LogP contribution in [0.1, 0.15) is 15.9 Å². The fraction of sp³-hybridized carbons (Fsp3) is 0.0833. The molecule has 30 heavy (non-hydrogen) atoms. The highest BCUT2D eigenvalue weighted by atomic mass is 79.9. The Hall–Kier alpha value is -3.38. The topological polar surface area (TPSA) is 65.7 Å². The normalized spacial score (nSPS) is 10.8. The fourth-order valence-electron chi connectivity index (χ4n) is 3.28. The monoisotopic (exact) mass is 464 g/mol. The smallest absolute Gasteiger partial charge is 0.344 e. The van der Waals surface area contributed by atoms with E-state index in [2.05, 4.69) is 15.9 Å². The predicted octanol–water partition coefficient (Wildman–Crippen LogP) is 5.76. The summed E-state index contributed by atoms with van der Waals surface area (Å²) in [4.78, 5) is 25.1. The van der Waals surface area contributed by atoms with E-state index in [1.54, 1.807) is 55.6 Å². The zero-order valence-corrected chi connectivity index (χ0v) is 17.9. The van der Waals surface area contributed by atoms with Gasteiger partial charge >= 0.3 is 11.6 Å². The Kier molecular flexibility index (Phi) is 5.42. The maximum atomic E-state index is 12.7. The molecule has 0 bridgehead atoms. The second kappa shape index (κ2) is 8.16. The Labute approximate surface area is 181 Å². The molecule has 0 amide bonds. The average Bonchev–Trinajstić information content (AvgIpc) is 2.74. The van der Waals surface area contributed by atoms with E-state index in [9.17, 15) is 9.59 Å². The quantitative estimate of drug-likeness (QED) is 0.218. The molecule has 0 radical (unpaired) electrons. The third-order valence-corrected chi connectivity index (χ3v) is 5.51. The fourth-order valence-corrected chi connectivity index (χ4v) is 3.73. The molecule has 0 saturated carbocycles. The lowest BCUT2D eigenvalue weighted by Gasteiger charge is -2.10. The molecule has 4 rings (SSSR count). The second-order valence-electron chi connectivity index (χ2n) is 6.65. The van der Waals surface area contributed by atoms with Gasteiger partial charge in [-0.2, -0.15) is 0 Å². The first-order valence-corrected chi connectivity index (χ1v) is 9.96. The highest BCUT2D eigenvalue weighted by molar-refractivity contribution is 9.10. The molecule has 0 aliphatic heterocycles. The number of hydrogen-bond donors (Lipinski definition) is 0. The van der Waals surface area contributed by atoms with Gasteiger partial charge in [-0.15, -0.1) is 0 Å². The Bertz CT molecular complexity index is 1310. The van der Waals surface area contributed by atoms with E-state index >= 15 is 0 Å². The molecule has 5 nitrogen and oxygen atoms in total. The van der Waals surface area contributed by atoms with Crippen LogP contribution in [0, 0.1) is 6.92 Å². The van der Waals surface area contributed by atoms with Crippen molar-refractivity contribution in [2.24, 2.45) is 0 Å². The molecule has 1 heterocycles. The zero-order valence-electron chi connectivity index (χ0n) is 16.3. The molecule has 6 heteroatoms. The van der Waals surface area contributed by atoms with E-state index in [0.717, 1.165) is 16.5 Å². The van der Waals surface area contributed by atoms with Gasteiger partial charge in [-0.3, -0.25) is 0 Å². The summed E-state index contributed by atoms with van der Waals surface area (Å²) in [6.07, 6.45) is 0. The van der Waals surface area contributed by atoms with E-state index in [1.165, 1.54) is 0 Å². The number of fused-ring (bicyclic) bond motifs is 1. The summed E-state index contributed by atoms with van der Waals surface area (Å²) in [6, 6.07) is 19.2. The van der Waals surface area contributed by atoms with Crippen LogP contribution < -0.4 is 15.1 Å². The summed E-state index contributed by atoms with van der Waals surface area (Å²) in [5, 5.41) is 0.765. The SMILES string of the molecule is COc1ccc(-c2c(C)c3ccc(OC(=O)c4ccccc4Br)cc3oc2=O)cc1. The van der Waals surface area contributed by atoms with Gasteiger partial charge in [0.05, 0.1) is 18.2 Å². The molecule has 0 aliphatic carbocycles. The minimum atomic E-state index is -0.504. The number of esters is 1. The van der Waals surface area contributed by atoms with E-state index < -0.39 is 11.6 Å². The Morgan fingerprint density at radius 3 is 2.37 bits per heavy atom. The minimum absolute atomic E-state index is 0.294. The molecule has 0 atom stereocenters. The first-order chi connectivity index (χ1) is 14.5. The Morgan fingerprint density at radius 1 is 0.967 bits per heavy atom. The molecule has 150 valence electrons. The molecule has 1 aromatic heterocycles. The van der Waals surface area contributed by atoms with Crippen molar-refractivity contribution in [3.8, 4) is 22.6 Å². The number of halogens is 1. The number of carbonyl (C=O) groups is 1. The van der Waals surface area contributed by atoms with Gasteiger partial charge in [-0.05, 0) is 70.4 Å². The van der Waals surface area contributed by atoms with Crippen molar-refractivity contribution in [2.75, 3.05) is 7.11 Å². The van der Waals surface area contributed by atoms with Crippen molar-refractivity contribution in [1.82, 2.24) is 0 Å². The number of hydrogen-bond acceptors (Lipinski definition) is 5. The molecule has 0 unspecified atom stereocenters. The predicted molar refractivity (Wildman–Crippen MR) is 118 cm³/mol. The zero-order chi connectivity index (χ0) is 21.3. The third kappa shape index (κ3) is 3.74. The van der Waals surface area contributed by atoms with Gasteiger partial charge in [-0.1, -0.05) is 24.3 Å². The van der Waals surface area contributed by atoms with E-state index in [0.29, 0.717) is 32.7 Å². The number of ether oxygens (including phenoxy) is 2. The lowest BCUT2D eigenvalue weighted by atomic mass is 9.99. The van der Waals surface area contributed by atoms with Crippen molar-refractivity contribution >= 4 is 32.9 Å². The summed E-state index contributed by atoms with van der Waals surface area (Å²) >= 11 is 3.34. The van der Waals surface area contributed by atoms with Crippen molar-refractivity contribution in [3.05, 3.63) is 92.7 Å². The molecule has 3 aromatic carbocycles. The van der Waals surface area contributed by atoms with E-state index in [1.807, 2.05) is 25.1 Å². The minimum Gasteiger partial charge on any atom is -0.497 e. The van der Waals surface area contributed by atoms with Crippen LogP contribution in [-0.4, -0.2) is 13.1 Å². The summed E-state index contributed by atoms with van der Waals surface area (Å²) in [5.74, 6) is 0.497. The highest BCUT2D eigenvalue weighted by Gasteiger charge is 2.16. The lowest BCUT2D eigenvalue weighted by molar-refractivity contribution is 0.0734. The van der Waals surface area contributed by atoms with Crippen molar-refractivity contribution in [2.45, 2.75) is 6.92 Å². The van der Waals surface area contributed by atoms with Crippen LogP contribution in [0.2, 0.25) is 0 Å². The molecule has 0 fully saturated rings. The van der Waals surface area contributed by atoms with Gasteiger partial charge in [0.2, 0.25) is 0 Å². The molecular weight excluding hydrogens is 448 g/mol. The van der Waals surface area contributed by atoms with Gasteiger partial charge in [0.15, 0.2) is 0 Å². The van der Waals surface area contributed by atoms with E-state index in [4.69, 9.17) is 13.9 Å². The largest absolute Gasteiger partial charge is 0.497 e. The van der Waals surface area contributed by atoms with Crippen LogP contribution in [0.15, 0.2) is 80.4 Å². The summed E-state index contributed by atoms with van der Waals surface area (Å²) in [7, 11) is 1.59. The standard InChI is InChI=1S/C24H17BrO5/c1-14-18-12-11-17(29-23(26)19-5-3-4-6-20(19)25)13-21(18)30-24(27)22(14)15-7-9-16(28-2)10-8-15/h3-13H,1-2H3. The first-order valence-electron chi connectivity index (χ1n) is 9.16. The number of benzene rings is 3. The van der Waals surface area contributed by atoms with Crippen molar-refractivity contribution in [1.29, 1.82) is 0 Å². The average molecular weight is 465 g/mol. The van der Waals surface area contributed by atoms with Crippen molar-refractivity contribution in [3.63, 3.8) is 0 Å².